The van der Waals surface area contributed by atoms with Crippen molar-refractivity contribution in [3.8, 4) is 0 Å². The third-order valence-corrected chi connectivity index (χ3v) is 3.50. The maximum absolute atomic E-state index is 12.2. The fourth-order valence-electron chi connectivity index (χ4n) is 2.45. The van der Waals surface area contributed by atoms with Crippen molar-refractivity contribution in [2.75, 3.05) is 13.2 Å². The van der Waals surface area contributed by atoms with Gasteiger partial charge in [0.2, 0.25) is 0 Å². The monoisotopic (exact) mass is 232 g/mol. The fourth-order valence-corrected chi connectivity index (χ4v) is 2.45. The summed E-state index contributed by atoms with van der Waals surface area (Å²) in [5.41, 5.74) is 3.20. The molecular weight excluding hydrogens is 212 g/mol. The molecule has 0 aromatic heterocycles. The van der Waals surface area contributed by atoms with E-state index >= 15 is 0 Å². The maximum Gasteiger partial charge on any atom is 0.163 e. The Kier molecular flexibility index (Phi) is 3.95. The Hall–Kier alpha value is -1.15. The number of benzene rings is 1. The van der Waals surface area contributed by atoms with Crippen molar-refractivity contribution in [1.82, 2.24) is 0 Å². The molecule has 2 rings (SSSR count). The minimum atomic E-state index is 0.286. The third-order valence-electron chi connectivity index (χ3n) is 3.50. The van der Waals surface area contributed by atoms with Crippen LogP contribution >= 0.6 is 0 Å². The van der Waals surface area contributed by atoms with Crippen LogP contribution in [0.2, 0.25) is 0 Å². The Morgan fingerprint density at radius 1 is 1.29 bits per heavy atom. The lowest BCUT2D eigenvalue weighted by Crippen LogP contribution is -2.19. The van der Waals surface area contributed by atoms with Crippen LogP contribution in [-0.2, 0) is 4.74 Å². The highest BCUT2D eigenvalue weighted by Gasteiger charge is 2.19. The summed E-state index contributed by atoms with van der Waals surface area (Å²) in [6, 6.07) is 6.06. The van der Waals surface area contributed by atoms with Gasteiger partial charge in [-0.15, -0.1) is 0 Å². The number of carbonyl (C=O) groups is 1. The van der Waals surface area contributed by atoms with Crippen molar-refractivity contribution in [3.63, 3.8) is 0 Å². The van der Waals surface area contributed by atoms with Gasteiger partial charge in [-0.3, -0.25) is 4.79 Å². The second kappa shape index (κ2) is 5.46. The van der Waals surface area contributed by atoms with Gasteiger partial charge < -0.3 is 4.74 Å². The smallest absolute Gasteiger partial charge is 0.163 e. The van der Waals surface area contributed by atoms with E-state index < -0.39 is 0 Å². The Labute approximate surface area is 103 Å². The molecule has 17 heavy (non-hydrogen) atoms. The van der Waals surface area contributed by atoms with Gasteiger partial charge in [-0.2, -0.15) is 0 Å². The Bertz CT molecular complexity index is 403. The zero-order chi connectivity index (χ0) is 12.3. The molecule has 0 aliphatic carbocycles. The number of aryl methyl sites for hydroxylation is 2. The molecule has 1 fully saturated rings. The van der Waals surface area contributed by atoms with Crippen molar-refractivity contribution in [2.45, 2.75) is 33.1 Å². The van der Waals surface area contributed by atoms with Crippen LogP contribution in [0.4, 0.5) is 0 Å². The lowest BCUT2D eigenvalue weighted by atomic mass is 9.90. The van der Waals surface area contributed by atoms with Crippen molar-refractivity contribution in [3.05, 3.63) is 34.9 Å². The van der Waals surface area contributed by atoms with E-state index in [4.69, 9.17) is 4.74 Å². The largest absolute Gasteiger partial charge is 0.381 e. The Balaban J connectivity index is 2.03. The van der Waals surface area contributed by atoms with Gasteiger partial charge in [0.1, 0.15) is 0 Å². The second-order valence-electron chi connectivity index (χ2n) is 5.00. The van der Waals surface area contributed by atoms with Gasteiger partial charge in [0.05, 0.1) is 0 Å². The van der Waals surface area contributed by atoms with Gasteiger partial charge in [0.25, 0.3) is 0 Å². The van der Waals surface area contributed by atoms with Crippen LogP contribution in [0.5, 0.6) is 0 Å². The molecule has 0 radical (unpaired) electrons. The van der Waals surface area contributed by atoms with Crippen molar-refractivity contribution in [1.29, 1.82) is 0 Å². The molecule has 1 aliphatic rings. The van der Waals surface area contributed by atoms with Crippen molar-refractivity contribution in [2.24, 2.45) is 5.92 Å². The molecule has 1 heterocycles. The topological polar surface area (TPSA) is 26.3 Å². The number of carbonyl (C=O) groups excluding carboxylic acids is 1. The number of rotatable bonds is 3. The number of hydrogen-bond donors (Lipinski definition) is 0. The van der Waals surface area contributed by atoms with Crippen LogP contribution in [0.1, 0.15) is 40.7 Å². The van der Waals surface area contributed by atoms with E-state index in [-0.39, 0.29) is 5.78 Å². The van der Waals surface area contributed by atoms with Gasteiger partial charge in [-0.1, -0.05) is 23.8 Å². The van der Waals surface area contributed by atoms with Gasteiger partial charge in [0.15, 0.2) is 5.78 Å². The van der Waals surface area contributed by atoms with Crippen LogP contribution in [-0.4, -0.2) is 19.0 Å². The van der Waals surface area contributed by atoms with Crippen molar-refractivity contribution >= 4 is 5.78 Å². The van der Waals surface area contributed by atoms with E-state index in [1.54, 1.807) is 0 Å². The van der Waals surface area contributed by atoms with Crippen LogP contribution in [0, 0.1) is 19.8 Å². The first-order valence-corrected chi connectivity index (χ1v) is 6.35. The van der Waals surface area contributed by atoms with Crippen LogP contribution in [0.3, 0.4) is 0 Å². The summed E-state index contributed by atoms with van der Waals surface area (Å²) in [7, 11) is 0. The van der Waals surface area contributed by atoms with Gasteiger partial charge >= 0.3 is 0 Å². The molecule has 1 aromatic rings. The van der Waals surface area contributed by atoms with Crippen molar-refractivity contribution < 1.29 is 9.53 Å². The molecule has 0 N–H and O–H groups in total. The number of hydrogen-bond acceptors (Lipinski definition) is 2. The maximum atomic E-state index is 12.2. The molecule has 1 saturated heterocycles. The van der Waals surface area contributed by atoms with E-state index in [2.05, 4.69) is 13.0 Å². The summed E-state index contributed by atoms with van der Waals surface area (Å²) < 4.78 is 5.32. The molecule has 0 amide bonds. The van der Waals surface area contributed by atoms with Crippen LogP contribution in [0.15, 0.2) is 18.2 Å². The van der Waals surface area contributed by atoms with E-state index in [0.29, 0.717) is 12.3 Å². The lowest BCUT2D eigenvalue weighted by Gasteiger charge is -2.21. The van der Waals surface area contributed by atoms with Gasteiger partial charge in [-0.05, 0) is 38.2 Å². The Morgan fingerprint density at radius 3 is 2.65 bits per heavy atom. The molecular formula is C15H20O2. The molecule has 0 saturated carbocycles. The third kappa shape index (κ3) is 3.16. The highest BCUT2D eigenvalue weighted by molar-refractivity contribution is 5.97. The molecule has 2 nitrogen and oxygen atoms in total. The summed E-state index contributed by atoms with van der Waals surface area (Å²) in [4.78, 5) is 12.2. The highest BCUT2D eigenvalue weighted by atomic mass is 16.5. The molecule has 0 spiro atoms. The number of Topliss-reactive ketones (excluding diaryl/α,β-unsaturated/α-hetero) is 1. The number of ether oxygens (including phenoxy) is 1. The first-order valence-electron chi connectivity index (χ1n) is 6.35. The van der Waals surface area contributed by atoms with Gasteiger partial charge in [0, 0.05) is 25.2 Å². The average Bonchev–Trinajstić information content (AvgIpc) is 2.30. The second-order valence-corrected chi connectivity index (χ2v) is 5.00. The summed E-state index contributed by atoms with van der Waals surface area (Å²) >= 11 is 0. The summed E-state index contributed by atoms with van der Waals surface area (Å²) in [6.45, 7) is 5.69. The van der Waals surface area contributed by atoms with E-state index in [1.807, 2.05) is 19.1 Å². The summed E-state index contributed by atoms with van der Waals surface area (Å²) in [6.07, 6.45) is 2.72. The Morgan fingerprint density at radius 2 is 2.00 bits per heavy atom. The first kappa shape index (κ1) is 12.3. The molecule has 0 atom stereocenters. The summed E-state index contributed by atoms with van der Waals surface area (Å²) in [5, 5.41) is 0. The predicted octanol–water partition coefficient (Wildman–Crippen LogP) is 3.30. The molecule has 0 bridgehead atoms. The fraction of sp³-hybridized carbons (Fsp3) is 0.533. The number of ketones is 1. The van der Waals surface area contributed by atoms with E-state index in [9.17, 15) is 4.79 Å². The SMILES string of the molecule is Cc1ccc(C(=O)CC2CCOCC2)c(C)c1. The van der Waals surface area contributed by atoms with E-state index in [0.717, 1.165) is 37.2 Å². The zero-order valence-electron chi connectivity index (χ0n) is 10.7. The molecule has 1 aromatic carbocycles. The average molecular weight is 232 g/mol. The molecule has 2 heteroatoms. The predicted molar refractivity (Wildman–Crippen MR) is 68.4 cm³/mol. The molecule has 0 unspecified atom stereocenters. The van der Waals surface area contributed by atoms with E-state index in [1.165, 1.54) is 5.56 Å². The quantitative estimate of drug-likeness (QED) is 0.747. The summed E-state index contributed by atoms with van der Waals surface area (Å²) in [5.74, 6) is 0.798. The standard InChI is InChI=1S/C15H20O2/c1-11-3-4-14(12(2)9-11)15(16)10-13-5-7-17-8-6-13/h3-4,9,13H,5-8,10H2,1-2H3. The molecule has 1 aliphatic heterocycles. The molecule has 92 valence electrons. The lowest BCUT2D eigenvalue weighted by molar-refractivity contribution is 0.0601. The van der Waals surface area contributed by atoms with Crippen LogP contribution in [0.25, 0.3) is 0 Å². The first-order chi connectivity index (χ1) is 8.16. The highest BCUT2D eigenvalue weighted by Crippen LogP contribution is 2.22. The van der Waals surface area contributed by atoms with Gasteiger partial charge in [-0.25, -0.2) is 0 Å². The minimum absolute atomic E-state index is 0.286. The van der Waals surface area contributed by atoms with Crippen LogP contribution < -0.4 is 0 Å². The minimum Gasteiger partial charge on any atom is -0.381 e. The zero-order valence-corrected chi connectivity index (χ0v) is 10.7. The normalized spacial score (nSPS) is 17.1.